The lowest BCUT2D eigenvalue weighted by Crippen LogP contribution is -2.39. The van der Waals surface area contributed by atoms with Crippen molar-refractivity contribution in [1.82, 2.24) is 5.32 Å². The van der Waals surface area contributed by atoms with Crippen molar-refractivity contribution in [2.75, 3.05) is 13.2 Å². The smallest absolute Gasteiger partial charge is 0.0897 e. The standard InChI is InChI=1S/C15H29NO2/c17-14(11-16-13-7-3-1-4-8-13)12-18-15-9-5-2-6-10-15/h13-17H,1-12H2/t14-/m1/s1. The molecule has 1 atom stereocenters. The Balaban J connectivity index is 1.52. The largest absolute Gasteiger partial charge is 0.389 e. The van der Waals surface area contributed by atoms with Crippen molar-refractivity contribution in [3.8, 4) is 0 Å². The lowest BCUT2D eigenvalue weighted by Gasteiger charge is -2.26. The minimum Gasteiger partial charge on any atom is -0.389 e. The lowest BCUT2D eigenvalue weighted by molar-refractivity contribution is -0.0238. The first-order chi connectivity index (χ1) is 8.84. The van der Waals surface area contributed by atoms with Gasteiger partial charge < -0.3 is 15.2 Å². The quantitative estimate of drug-likeness (QED) is 0.766. The van der Waals surface area contributed by atoms with Crippen molar-refractivity contribution < 1.29 is 9.84 Å². The Morgan fingerprint density at radius 1 is 0.944 bits per heavy atom. The number of aliphatic hydroxyl groups excluding tert-OH is 1. The van der Waals surface area contributed by atoms with E-state index in [1.807, 2.05) is 0 Å². The predicted molar refractivity (Wildman–Crippen MR) is 73.7 cm³/mol. The van der Waals surface area contributed by atoms with Crippen LogP contribution in [0.1, 0.15) is 64.2 Å². The van der Waals surface area contributed by atoms with Crippen LogP contribution < -0.4 is 5.32 Å². The molecule has 0 bridgehead atoms. The summed E-state index contributed by atoms with van der Waals surface area (Å²) in [5.41, 5.74) is 0. The van der Waals surface area contributed by atoms with Crippen LogP contribution in [0.3, 0.4) is 0 Å². The van der Waals surface area contributed by atoms with Crippen molar-refractivity contribution in [2.24, 2.45) is 0 Å². The average Bonchev–Trinajstić information content (AvgIpc) is 2.45. The monoisotopic (exact) mass is 255 g/mol. The fourth-order valence-electron chi connectivity index (χ4n) is 3.15. The van der Waals surface area contributed by atoms with Gasteiger partial charge in [-0.2, -0.15) is 0 Å². The molecule has 106 valence electrons. The molecule has 3 heteroatoms. The summed E-state index contributed by atoms with van der Waals surface area (Å²) in [6, 6.07) is 0.628. The van der Waals surface area contributed by atoms with E-state index in [0.29, 0.717) is 25.3 Å². The second kappa shape index (κ2) is 8.13. The van der Waals surface area contributed by atoms with Gasteiger partial charge in [0.2, 0.25) is 0 Å². The Hall–Kier alpha value is -0.120. The summed E-state index contributed by atoms with van der Waals surface area (Å²) in [5, 5.41) is 13.4. The van der Waals surface area contributed by atoms with Gasteiger partial charge in [-0.15, -0.1) is 0 Å². The molecule has 0 amide bonds. The van der Waals surface area contributed by atoms with Crippen LogP contribution in [-0.2, 0) is 4.74 Å². The van der Waals surface area contributed by atoms with Gasteiger partial charge in [-0.05, 0) is 25.7 Å². The maximum Gasteiger partial charge on any atom is 0.0897 e. The Kier molecular flexibility index (Phi) is 6.46. The molecule has 0 aliphatic heterocycles. The molecule has 0 aromatic heterocycles. The molecule has 2 rings (SSSR count). The molecule has 18 heavy (non-hydrogen) atoms. The Morgan fingerprint density at radius 2 is 1.56 bits per heavy atom. The number of rotatable bonds is 6. The molecular weight excluding hydrogens is 226 g/mol. The normalized spacial score (nSPS) is 25.2. The van der Waals surface area contributed by atoms with Gasteiger partial charge in [-0.3, -0.25) is 0 Å². The second-order valence-corrected chi connectivity index (χ2v) is 5.99. The van der Waals surface area contributed by atoms with Crippen LogP contribution in [0.25, 0.3) is 0 Å². The predicted octanol–water partition coefficient (Wildman–Crippen LogP) is 2.62. The highest BCUT2D eigenvalue weighted by atomic mass is 16.5. The minimum absolute atomic E-state index is 0.339. The lowest BCUT2D eigenvalue weighted by atomic mass is 9.95. The summed E-state index contributed by atoms with van der Waals surface area (Å²) in [7, 11) is 0. The van der Waals surface area contributed by atoms with Gasteiger partial charge in [-0.25, -0.2) is 0 Å². The zero-order valence-electron chi connectivity index (χ0n) is 11.6. The third-order valence-corrected chi connectivity index (χ3v) is 4.32. The van der Waals surface area contributed by atoms with E-state index < -0.39 is 0 Å². The van der Waals surface area contributed by atoms with Crippen LogP contribution in [0.4, 0.5) is 0 Å². The fourth-order valence-corrected chi connectivity index (χ4v) is 3.15. The maximum atomic E-state index is 9.92. The van der Waals surface area contributed by atoms with E-state index in [-0.39, 0.29) is 6.10 Å². The maximum absolute atomic E-state index is 9.92. The van der Waals surface area contributed by atoms with E-state index in [1.165, 1.54) is 64.2 Å². The second-order valence-electron chi connectivity index (χ2n) is 5.99. The van der Waals surface area contributed by atoms with E-state index in [0.717, 1.165) is 0 Å². The first-order valence-corrected chi connectivity index (χ1v) is 7.87. The molecule has 0 saturated heterocycles. The van der Waals surface area contributed by atoms with Crippen molar-refractivity contribution in [2.45, 2.75) is 82.5 Å². The minimum atomic E-state index is -0.339. The molecule has 2 aliphatic carbocycles. The van der Waals surface area contributed by atoms with Gasteiger partial charge >= 0.3 is 0 Å². The fraction of sp³-hybridized carbons (Fsp3) is 1.00. The van der Waals surface area contributed by atoms with Crippen LogP contribution in [-0.4, -0.2) is 36.5 Å². The van der Waals surface area contributed by atoms with E-state index in [1.54, 1.807) is 0 Å². The molecule has 0 spiro atoms. The number of ether oxygens (including phenoxy) is 1. The summed E-state index contributed by atoms with van der Waals surface area (Å²) in [6.07, 6.45) is 13.0. The van der Waals surface area contributed by atoms with Crippen LogP contribution >= 0.6 is 0 Å². The van der Waals surface area contributed by atoms with Crippen molar-refractivity contribution >= 4 is 0 Å². The van der Waals surface area contributed by atoms with E-state index in [2.05, 4.69) is 5.32 Å². The van der Waals surface area contributed by atoms with Crippen LogP contribution in [0, 0.1) is 0 Å². The van der Waals surface area contributed by atoms with E-state index >= 15 is 0 Å². The Morgan fingerprint density at radius 3 is 2.22 bits per heavy atom. The van der Waals surface area contributed by atoms with Crippen molar-refractivity contribution in [3.05, 3.63) is 0 Å². The number of hydrogen-bond acceptors (Lipinski definition) is 3. The third kappa shape index (κ3) is 5.25. The first kappa shape index (κ1) is 14.3. The molecule has 2 saturated carbocycles. The van der Waals surface area contributed by atoms with Gasteiger partial charge in [0, 0.05) is 12.6 Å². The van der Waals surface area contributed by atoms with Gasteiger partial charge in [0.25, 0.3) is 0 Å². The van der Waals surface area contributed by atoms with Crippen LogP contribution in [0.2, 0.25) is 0 Å². The highest BCUT2D eigenvalue weighted by molar-refractivity contribution is 4.74. The summed E-state index contributed by atoms with van der Waals surface area (Å²) in [5.74, 6) is 0. The Labute approximate surface area is 111 Å². The number of aliphatic hydroxyl groups is 1. The zero-order chi connectivity index (χ0) is 12.6. The van der Waals surface area contributed by atoms with Gasteiger partial charge in [-0.1, -0.05) is 38.5 Å². The summed E-state index contributed by atoms with van der Waals surface area (Å²) in [4.78, 5) is 0. The highest BCUT2D eigenvalue weighted by Crippen LogP contribution is 2.20. The Bertz CT molecular complexity index is 189. The highest BCUT2D eigenvalue weighted by Gasteiger charge is 2.17. The van der Waals surface area contributed by atoms with Crippen molar-refractivity contribution in [1.29, 1.82) is 0 Å². The number of hydrogen-bond donors (Lipinski definition) is 2. The molecule has 0 unspecified atom stereocenters. The van der Waals surface area contributed by atoms with Crippen LogP contribution in [0.5, 0.6) is 0 Å². The molecule has 2 aliphatic rings. The summed E-state index contributed by atoms with van der Waals surface area (Å²) < 4.78 is 5.79. The van der Waals surface area contributed by atoms with Gasteiger partial charge in [0.15, 0.2) is 0 Å². The van der Waals surface area contributed by atoms with E-state index in [4.69, 9.17) is 4.74 Å². The van der Waals surface area contributed by atoms with Crippen molar-refractivity contribution in [3.63, 3.8) is 0 Å². The molecule has 2 fully saturated rings. The molecule has 2 N–H and O–H groups in total. The summed E-state index contributed by atoms with van der Waals surface area (Å²) >= 11 is 0. The zero-order valence-corrected chi connectivity index (χ0v) is 11.6. The van der Waals surface area contributed by atoms with E-state index in [9.17, 15) is 5.11 Å². The summed E-state index contributed by atoms with van der Waals surface area (Å²) in [6.45, 7) is 1.20. The molecule has 3 nitrogen and oxygen atoms in total. The molecule has 0 radical (unpaired) electrons. The molecule has 0 aromatic carbocycles. The topological polar surface area (TPSA) is 41.5 Å². The molecule has 0 heterocycles. The van der Waals surface area contributed by atoms with Gasteiger partial charge in [0.1, 0.15) is 0 Å². The number of nitrogens with one attached hydrogen (secondary N) is 1. The van der Waals surface area contributed by atoms with Crippen LogP contribution in [0.15, 0.2) is 0 Å². The first-order valence-electron chi connectivity index (χ1n) is 7.87. The van der Waals surface area contributed by atoms with Gasteiger partial charge in [0.05, 0.1) is 18.8 Å². The molecular formula is C15H29NO2. The SMILES string of the molecule is O[C@H](CNC1CCCCC1)COC1CCCCC1. The average molecular weight is 255 g/mol. The third-order valence-electron chi connectivity index (χ3n) is 4.32. The molecule has 0 aromatic rings.